The molecule has 0 spiro atoms. The molecule has 4 saturated carbocycles. The second kappa shape index (κ2) is 8.00. The van der Waals surface area contributed by atoms with Gasteiger partial charge in [0.05, 0.1) is 0 Å². The zero-order valence-electron chi connectivity index (χ0n) is 18.5. The van der Waals surface area contributed by atoms with E-state index in [9.17, 15) is 0 Å². The molecule has 6 unspecified atom stereocenters. The second-order valence-electron chi connectivity index (χ2n) is 10.5. The van der Waals surface area contributed by atoms with E-state index in [1.165, 1.54) is 51.4 Å². The van der Waals surface area contributed by atoms with Crippen LogP contribution in [0.1, 0.15) is 105 Å². The van der Waals surface area contributed by atoms with Crippen molar-refractivity contribution in [2.45, 2.75) is 105 Å². The summed E-state index contributed by atoms with van der Waals surface area (Å²) in [6.45, 7) is 15.9. The average Bonchev–Trinajstić information content (AvgIpc) is 2.99. The van der Waals surface area contributed by atoms with E-state index in [4.69, 9.17) is 0 Å². The molecular weight excluding hydrogens is 312 g/mol. The number of fused-ring (bicyclic) bond motifs is 5. The number of hydrogen-bond acceptors (Lipinski definition) is 0. The fourth-order valence-electron chi connectivity index (χ4n) is 8.41. The van der Waals surface area contributed by atoms with Crippen molar-refractivity contribution in [2.75, 3.05) is 0 Å². The quantitative estimate of drug-likeness (QED) is 0.445. The number of allylic oxidation sites excluding steroid dienone is 1. The Morgan fingerprint density at radius 1 is 0.885 bits per heavy atom. The minimum atomic E-state index is 0.638. The lowest BCUT2D eigenvalue weighted by Gasteiger charge is -2.61. The lowest BCUT2D eigenvalue weighted by molar-refractivity contribution is -0.118. The largest absolute Gasteiger partial charge is 0.103 e. The monoisotopic (exact) mass is 358 g/mol. The first-order valence-corrected chi connectivity index (χ1v) is 12.1. The van der Waals surface area contributed by atoms with Gasteiger partial charge in [-0.15, -0.1) is 6.58 Å². The van der Waals surface area contributed by atoms with E-state index < -0.39 is 0 Å². The number of hydrogen-bond donors (Lipinski definition) is 0. The highest BCUT2D eigenvalue weighted by Crippen LogP contribution is 2.68. The normalized spacial score (nSPS) is 49.9. The van der Waals surface area contributed by atoms with Gasteiger partial charge >= 0.3 is 0 Å². The van der Waals surface area contributed by atoms with Crippen LogP contribution in [0.25, 0.3) is 0 Å². The molecule has 4 aliphatic carbocycles. The topological polar surface area (TPSA) is 0 Å². The third-order valence-electron chi connectivity index (χ3n) is 10.00. The van der Waals surface area contributed by atoms with E-state index in [1.807, 2.05) is 13.8 Å². The van der Waals surface area contributed by atoms with Crippen LogP contribution in [0.2, 0.25) is 0 Å². The summed E-state index contributed by atoms with van der Waals surface area (Å²) in [7, 11) is 0. The molecule has 0 saturated heterocycles. The Morgan fingerprint density at radius 3 is 2.27 bits per heavy atom. The standard InChI is InChI=1S/C24H40.C2H6/c1-5-7-18-9-11-21-20-10-8-19-16-17(6-2)12-14-24(19,4)22(20)13-15-23(18,21)3;1-2/h5,17-22H,1,6-16H2,2-4H3;1-2H3/t17-,18?,19?,20?,21?,22?,23?,24-;/m0./s1. The summed E-state index contributed by atoms with van der Waals surface area (Å²) in [5, 5.41) is 0. The minimum absolute atomic E-state index is 0.638. The molecule has 0 aromatic rings. The van der Waals surface area contributed by atoms with Crippen molar-refractivity contribution < 1.29 is 0 Å². The van der Waals surface area contributed by atoms with E-state index in [0.717, 1.165) is 35.5 Å². The molecular formula is C26H46. The van der Waals surface area contributed by atoms with Crippen molar-refractivity contribution in [1.82, 2.24) is 0 Å². The van der Waals surface area contributed by atoms with Crippen LogP contribution in [0.15, 0.2) is 12.7 Å². The molecule has 0 heteroatoms. The second-order valence-corrected chi connectivity index (χ2v) is 10.5. The first kappa shape index (κ1) is 20.5. The first-order valence-electron chi connectivity index (χ1n) is 12.1. The maximum Gasteiger partial charge on any atom is -0.0263 e. The Hall–Kier alpha value is -0.260. The molecule has 4 rings (SSSR count). The smallest absolute Gasteiger partial charge is 0.0263 e. The molecule has 0 nitrogen and oxygen atoms in total. The highest BCUT2D eigenvalue weighted by Gasteiger charge is 2.59. The van der Waals surface area contributed by atoms with Crippen LogP contribution in [0.3, 0.4) is 0 Å². The zero-order valence-corrected chi connectivity index (χ0v) is 18.5. The molecule has 4 aliphatic rings. The van der Waals surface area contributed by atoms with Crippen molar-refractivity contribution in [3.05, 3.63) is 12.7 Å². The van der Waals surface area contributed by atoms with Crippen LogP contribution in [0.4, 0.5) is 0 Å². The van der Waals surface area contributed by atoms with E-state index in [0.29, 0.717) is 10.8 Å². The van der Waals surface area contributed by atoms with Gasteiger partial charge in [0.15, 0.2) is 0 Å². The van der Waals surface area contributed by atoms with Gasteiger partial charge in [-0.1, -0.05) is 47.1 Å². The van der Waals surface area contributed by atoms with Crippen LogP contribution in [-0.4, -0.2) is 0 Å². The van der Waals surface area contributed by atoms with E-state index in [1.54, 1.807) is 19.3 Å². The van der Waals surface area contributed by atoms with Gasteiger partial charge in [-0.05, 0) is 111 Å². The van der Waals surface area contributed by atoms with Gasteiger partial charge in [-0.2, -0.15) is 0 Å². The molecule has 0 aromatic heterocycles. The van der Waals surface area contributed by atoms with Gasteiger partial charge in [0, 0.05) is 0 Å². The molecule has 0 aliphatic heterocycles. The van der Waals surface area contributed by atoms with Crippen LogP contribution >= 0.6 is 0 Å². The summed E-state index contributed by atoms with van der Waals surface area (Å²) in [6, 6.07) is 0. The molecule has 4 fully saturated rings. The van der Waals surface area contributed by atoms with Gasteiger partial charge < -0.3 is 0 Å². The predicted octanol–water partition coefficient (Wildman–Crippen LogP) is 8.27. The fourth-order valence-corrected chi connectivity index (χ4v) is 8.41. The Bertz CT molecular complexity index is 478. The molecule has 150 valence electrons. The van der Waals surface area contributed by atoms with E-state index >= 15 is 0 Å². The Morgan fingerprint density at radius 2 is 1.58 bits per heavy atom. The maximum absolute atomic E-state index is 4.05. The van der Waals surface area contributed by atoms with E-state index in [-0.39, 0.29) is 0 Å². The zero-order chi connectivity index (χ0) is 18.9. The molecule has 0 heterocycles. The van der Waals surface area contributed by atoms with Gasteiger partial charge in [-0.25, -0.2) is 0 Å². The molecule has 0 aromatic carbocycles. The summed E-state index contributed by atoms with van der Waals surface area (Å²) in [4.78, 5) is 0. The van der Waals surface area contributed by atoms with Crippen LogP contribution in [-0.2, 0) is 0 Å². The molecule has 0 bridgehead atoms. The van der Waals surface area contributed by atoms with Crippen molar-refractivity contribution >= 4 is 0 Å². The maximum atomic E-state index is 4.05. The lowest BCUT2D eigenvalue weighted by Crippen LogP contribution is -2.53. The molecule has 0 radical (unpaired) electrons. The summed E-state index contributed by atoms with van der Waals surface area (Å²) >= 11 is 0. The third kappa shape index (κ3) is 3.12. The van der Waals surface area contributed by atoms with Gasteiger partial charge in [0.25, 0.3) is 0 Å². The molecule has 8 atom stereocenters. The van der Waals surface area contributed by atoms with Crippen molar-refractivity contribution in [1.29, 1.82) is 0 Å². The molecule has 26 heavy (non-hydrogen) atoms. The van der Waals surface area contributed by atoms with Crippen LogP contribution in [0.5, 0.6) is 0 Å². The first-order chi connectivity index (χ1) is 12.5. The highest BCUT2D eigenvalue weighted by molar-refractivity contribution is 5.09. The van der Waals surface area contributed by atoms with Gasteiger partial charge in [0.2, 0.25) is 0 Å². The Labute approximate surface area is 164 Å². The summed E-state index contributed by atoms with van der Waals surface area (Å²) in [5.41, 5.74) is 1.33. The predicted molar refractivity (Wildman–Crippen MR) is 115 cm³/mol. The van der Waals surface area contributed by atoms with Gasteiger partial charge in [-0.3, -0.25) is 0 Å². The molecule has 0 amide bonds. The van der Waals surface area contributed by atoms with Crippen molar-refractivity contribution in [3.8, 4) is 0 Å². The fraction of sp³-hybridized carbons (Fsp3) is 0.923. The van der Waals surface area contributed by atoms with Crippen LogP contribution < -0.4 is 0 Å². The summed E-state index contributed by atoms with van der Waals surface area (Å²) < 4.78 is 0. The minimum Gasteiger partial charge on any atom is -0.103 e. The molecule has 0 N–H and O–H groups in total. The Balaban J connectivity index is 0.000000948. The summed E-state index contributed by atoms with van der Waals surface area (Å²) in [6.07, 6.45) is 18.7. The van der Waals surface area contributed by atoms with Crippen LogP contribution in [0, 0.1) is 46.3 Å². The SMILES string of the molecule is C=CCC1CCC2C3CCC4C[C@@H](CC)CC[C@]4(C)C3CCC12C.CC. The highest BCUT2D eigenvalue weighted by atomic mass is 14.6. The van der Waals surface area contributed by atoms with Crippen molar-refractivity contribution in [3.63, 3.8) is 0 Å². The third-order valence-corrected chi connectivity index (χ3v) is 10.00. The Kier molecular flexibility index (Phi) is 6.30. The van der Waals surface area contributed by atoms with E-state index in [2.05, 4.69) is 33.4 Å². The lowest BCUT2D eigenvalue weighted by atomic mass is 9.44. The number of rotatable bonds is 3. The van der Waals surface area contributed by atoms with Crippen molar-refractivity contribution in [2.24, 2.45) is 46.3 Å². The summed E-state index contributed by atoms with van der Waals surface area (Å²) in [5.74, 6) is 6.15. The van der Waals surface area contributed by atoms with Gasteiger partial charge in [0.1, 0.15) is 0 Å². The average molecular weight is 359 g/mol.